The summed E-state index contributed by atoms with van der Waals surface area (Å²) < 4.78 is 13.5. The van der Waals surface area contributed by atoms with Crippen molar-refractivity contribution in [1.82, 2.24) is 20.2 Å². The van der Waals surface area contributed by atoms with Crippen LogP contribution < -0.4 is 10.6 Å². The van der Waals surface area contributed by atoms with Gasteiger partial charge in [0.2, 0.25) is 0 Å². The number of hydrogen-bond donors (Lipinski definition) is 2. The van der Waals surface area contributed by atoms with E-state index >= 15 is 0 Å². The van der Waals surface area contributed by atoms with Crippen molar-refractivity contribution >= 4 is 41.0 Å². The van der Waals surface area contributed by atoms with Gasteiger partial charge in [-0.15, -0.1) is 24.0 Å². The van der Waals surface area contributed by atoms with E-state index < -0.39 is 0 Å². The molecule has 2 heterocycles. The Morgan fingerprint density at radius 2 is 2.21 bits per heavy atom. The van der Waals surface area contributed by atoms with Crippen molar-refractivity contribution in [2.45, 2.75) is 45.3 Å². The summed E-state index contributed by atoms with van der Waals surface area (Å²) in [5, 5.41) is 6.68. The molecule has 1 aliphatic rings. The van der Waals surface area contributed by atoms with E-state index in [1.165, 1.54) is 5.52 Å². The number of rotatable bonds is 11. The van der Waals surface area contributed by atoms with Crippen LogP contribution in [0.5, 0.6) is 0 Å². The number of hydrogen-bond acceptors (Lipinski definition) is 4. The first-order valence-corrected chi connectivity index (χ1v) is 10.5. The molecule has 29 heavy (non-hydrogen) atoms. The molecule has 1 saturated heterocycles. The van der Waals surface area contributed by atoms with Gasteiger partial charge in [-0.05, 0) is 44.7 Å². The Morgan fingerprint density at radius 1 is 1.31 bits per heavy atom. The third kappa shape index (κ3) is 8.10. The number of aromatic nitrogens is 2. The maximum absolute atomic E-state index is 5.70. The summed E-state index contributed by atoms with van der Waals surface area (Å²) in [4.78, 5) is 9.11. The highest BCUT2D eigenvalue weighted by Gasteiger charge is 2.14. The molecule has 1 aliphatic heterocycles. The summed E-state index contributed by atoms with van der Waals surface area (Å²) in [6.45, 7) is 7.83. The molecule has 8 heteroatoms. The molecule has 162 valence electrons. The van der Waals surface area contributed by atoms with E-state index in [1.54, 1.807) is 0 Å². The van der Waals surface area contributed by atoms with Gasteiger partial charge < -0.3 is 24.7 Å². The molecule has 1 aromatic carbocycles. The van der Waals surface area contributed by atoms with Crippen molar-refractivity contribution in [3.05, 3.63) is 30.6 Å². The first kappa shape index (κ1) is 23.9. The maximum Gasteiger partial charge on any atom is 0.191 e. The number of halogens is 1. The Labute approximate surface area is 190 Å². The van der Waals surface area contributed by atoms with Gasteiger partial charge in [-0.3, -0.25) is 4.99 Å². The predicted molar refractivity (Wildman–Crippen MR) is 128 cm³/mol. The van der Waals surface area contributed by atoms with Crippen LogP contribution in [0.25, 0.3) is 11.0 Å². The number of benzene rings is 1. The fourth-order valence-corrected chi connectivity index (χ4v) is 3.33. The van der Waals surface area contributed by atoms with Gasteiger partial charge in [0.25, 0.3) is 0 Å². The van der Waals surface area contributed by atoms with Crippen LogP contribution in [-0.4, -0.2) is 61.1 Å². The molecule has 2 N–H and O–H groups in total. The number of guanidine groups is 1. The Bertz CT molecular complexity index is 731. The molecule has 0 amide bonds. The summed E-state index contributed by atoms with van der Waals surface area (Å²) >= 11 is 0. The van der Waals surface area contributed by atoms with Crippen LogP contribution in [0.1, 0.15) is 32.6 Å². The summed E-state index contributed by atoms with van der Waals surface area (Å²) in [6.07, 6.45) is 6.44. The zero-order valence-electron chi connectivity index (χ0n) is 17.3. The molecular weight excluding hydrogens is 481 g/mol. The molecule has 1 atom stereocenters. The summed E-state index contributed by atoms with van der Waals surface area (Å²) in [6, 6.07) is 8.22. The fraction of sp³-hybridized carbons (Fsp3) is 0.619. The second kappa shape index (κ2) is 13.8. The molecule has 1 fully saturated rings. The van der Waals surface area contributed by atoms with Crippen molar-refractivity contribution in [3.63, 3.8) is 0 Å². The lowest BCUT2D eigenvalue weighted by atomic mass is 10.2. The molecule has 1 aromatic heterocycles. The fourth-order valence-electron chi connectivity index (χ4n) is 3.33. The molecule has 2 aromatic rings. The van der Waals surface area contributed by atoms with Crippen LogP contribution in [0.15, 0.2) is 35.6 Å². The Kier molecular flexibility index (Phi) is 11.3. The third-order valence-corrected chi connectivity index (χ3v) is 4.78. The van der Waals surface area contributed by atoms with E-state index in [9.17, 15) is 0 Å². The van der Waals surface area contributed by atoms with Crippen molar-refractivity contribution in [1.29, 1.82) is 0 Å². The quantitative estimate of drug-likeness (QED) is 0.208. The van der Waals surface area contributed by atoms with Crippen LogP contribution in [0.2, 0.25) is 0 Å². The van der Waals surface area contributed by atoms with Crippen LogP contribution >= 0.6 is 24.0 Å². The lowest BCUT2D eigenvalue weighted by Crippen LogP contribution is -2.38. The first-order valence-electron chi connectivity index (χ1n) is 10.5. The monoisotopic (exact) mass is 515 g/mol. The van der Waals surface area contributed by atoms with Crippen molar-refractivity contribution in [2.75, 3.05) is 39.5 Å². The van der Waals surface area contributed by atoms with E-state index in [-0.39, 0.29) is 24.0 Å². The standard InChI is InChI=1S/C21H33N5O2.HI/c1-2-22-21(24-12-7-14-27-16-18-8-5-15-28-18)23-11-6-13-26-17-25-19-9-3-4-10-20(19)26;/h3-4,9-10,17-18H,2,5-8,11-16H2,1H3,(H2,22,23,24);1H. The zero-order valence-corrected chi connectivity index (χ0v) is 19.6. The minimum absolute atomic E-state index is 0. The van der Waals surface area contributed by atoms with Crippen LogP contribution in [-0.2, 0) is 16.0 Å². The van der Waals surface area contributed by atoms with Crippen molar-refractivity contribution in [3.8, 4) is 0 Å². The predicted octanol–water partition coefficient (Wildman–Crippen LogP) is 3.19. The minimum atomic E-state index is 0. The van der Waals surface area contributed by atoms with E-state index in [0.717, 1.165) is 83.2 Å². The molecular formula is C21H34IN5O2. The smallest absolute Gasteiger partial charge is 0.191 e. The number of fused-ring (bicyclic) bond motifs is 1. The van der Waals surface area contributed by atoms with Gasteiger partial charge in [-0.2, -0.15) is 0 Å². The number of imidazole rings is 1. The average molecular weight is 515 g/mol. The van der Waals surface area contributed by atoms with E-state index in [0.29, 0.717) is 6.10 Å². The zero-order chi connectivity index (χ0) is 19.4. The molecule has 0 spiro atoms. The number of aryl methyl sites for hydroxylation is 1. The van der Waals surface area contributed by atoms with Gasteiger partial charge in [0.15, 0.2) is 5.96 Å². The molecule has 1 unspecified atom stereocenters. The van der Waals surface area contributed by atoms with Crippen LogP contribution in [0.4, 0.5) is 0 Å². The van der Waals surface area contributed by atoms with E-state index in [2.05, 4.69) is 44.2 Å². The van der Waals surface area contributed by atoms with Crippen LogP contribution in [0.3, 0.4) is 0 Å². The third-order valence-electron chi connectivity index (χ3n) is 4.78. The molecule has 0 saturated carbocycles. The molecule has 0 bridgehead atoms. The van der Waals surface area contributed by atoms with Gasteiger partial charge in [-0.1, -0.05) is 12.1 Å². The topological polar surface area (TPSA) is 72.7 Å². The largest absolute Gasteiger partial charge is 0.379 e. The first-order chi connectivity index (χ1) is 13.9. The number of ether oxygens (including phenoxy) is 2. The molecule has 0 aliphatic carbocycles. The second-order valence-electron chi connectivity index (χ2n) is 7.03. The minimum Gasteiger partial charge on any atom is -0.379 e. The summed E-state index contributed by atoms with van der Waals surface area (Å²) in [7, 11) is 0. The Balaban J connectivity index is 0.00000300. The lowest BCUT2D eigenvalue weighted by Gasteiger charge is -2.12. The molecule has 7 nitrogen and oxygen atoms in total. The second-order valence-corrected chi connectivity index (χ2v) is 7.03. The number of nitrogens with zero attached hydrogens (tertiary/aromatic N) is 3. The van der Waals surface area contributed by atoms with Gasteiger partial charge in [-0.25, -0.2) is 4.98 Å². The Morgan fingerprint density at radius 3 is 3.03 bits per heavy atom. The average Bonchev–Trinajstić information content (AvgIpc) is 3.38. The number of nitrogens with one attached hydrogen (secondary N) is 2. The Hall–Kier alpha value is -1.39. The van der Waals surface area contributed by atoms with Crippen molar-refractivity contribution in [2.24, 2.45) is 4.99 Å². The van der Waals surface area contributed by atoms with Crippen molar-refractivity contribution < 1.29 is 9.47 Å². The number of aliphatic imine (C=N–C) groups is 1. The van der Waals surface area contributed by atoms with E-state index in [1.807, 2.05) is 18.5 Å². The SMILES string of the molecule is CCNC(=NCCCn1cnc2ccccc21)NCCCOCC1CCCO1.I. The van der Waals surface area contributed by atoms with Gasteiger partial charge >= 0.3 is 0 Å². The molecule has 0 radical (unpaired) electrons. The highest BCUT2D eigenvalue weighted by Crippen LogP contribution is 2.12. The summed E-state index contributed by atoms with van der Waals surface area (Å²) in [5.74, 6) is 0.872. The maximum atomic E-state index is 5.70. The number of para-hydroxylation sites is 2. The normalized spacial score (nSPS) is 16.7. The van der Waals surface area contributed by atoms with Crippen LogP contribution in [0, 0.1) is 0 Å². The lowest BCUT2D eigenvalue weighted by molar-refractivity contribution is 0.0168. The molecule has 3 rings (SSSR count). The summed E-state index contributed by atoms with van der Waals surface area (Å²) in [5.41, 5.74) is 2.22. The highest BCUT2D eigenvalue weighted by atomic mass is 127. The van der Waals surface area contributed by atoms with E-state index in [4.69, 9.17) is 9.47 Å². The van der Waals surface area contributed by atoms with Gasteiger partial charge in [0.1, 0.15) is 0 Å². The van der Waals surface area contributed by atoms with Gasteiger partial charge in [0, 0.05) is 39.4 Å². The highest BCUT2D eigenvalue weighted by molar-refractivity contribution is 14.0. The van der Waals surface area contributed by atoms with Gasteiger partial charge in [0.05, 0.1) is 30.1 Å².